The van der Waals surface area contributed by atoms with Gasteiger partial charge in [-0.3, -0.25) is 4.90 Å². The molecule has 1 N–H and O–H groups in total. The van der Waals surface area contributed by atoms with Gasteiger partial charge in [0, 0.05) is 36.8 Å². The van der Waals surface area contributed by atoms with Gasteiger partial charge in [-0.25, -0.2) is 0 Å². The molecule has 104 valence electrons. The van der Waals surface area contributed by atoms with Crippen molar-refractivity contribution in [3.05, 3.63) is 11.1 Å². The number of halogens is 1. The van der Waals surface area contributed by atoms with Crippen molar-refractivity contribution in [1.82, 2.24) is 10.2 Å². The average Bonchev–Trinajstić information content (AvgIpc) is 2.81. The second-order valence-electron chi connectivity index (χ2n) is 6.50. The van der Waals surface area contributed by atoms with Crippen LogP contribution >= 0.6 is 11.6 Å². The van der Waals surface area contributed by atoms with E-state index in [1.165, 1.54) is 37.8 Å². The molecule has 0 aromatic rings. The third kappa shape index (κ3) is 2.92. The zero-order valence-electron chi connectivity index (χ0n) is 12.0. The highest BCUT2D eigenvalue weighted by atomic mass is 35.5. The maximum atomic E-state index is 5.86. The van der Waals surface area contributed by atoms with E-state index in [-0.39, 0.29) is 0 Å². The predicted octanol–water partition coefficient (Wildman–Crippen LogP) is 3.37. The van der Waals surface area contributed by atoms with E-state index in [1.807, 2.05) is 0 Å². The molecule has 3 heteroatoms. The van der Waals surface area contributed by atoms with E-state index in [1.54, 1.807) is 5.54 Å². The van der Waals surface area contributed by atoms with Crippen molar-refractivity contribution in [2.24, 2.45) is 5.92 Å². The van der Waals surface area contributed by atoms with Crippen LogP contribution < -0.4 is 5.32 Å². The van der Waals surface area contributed by atoms with Crippen LogP contribution in [-0.2, 0) is 0 Å². The molecule has 1 saturated heterocycles. The largest absolute Gasteiger partial charge is 0.311 e. The predicted molar refractivity (Wildman–Crippen MR) is 79.0 cm³/mol. The van der Waals surface area contributed by atoms with Gasteiger partial charge in [-0.05, 0) is 31.3 Å². The van der Waals surface area contributed by atoms with E-state index >= 15 is 0 Å². The normalized spacial score (nSPS) is 29.4. The lowest BCUT2D eigenvalue weighted by Gasteiger charge is -2.49. The minimum Gasteiger partial charge on any atom is -0.311 e. The molecule has 1 aliphatic carbocycles. The highest BCUT2D eigenvalue weighted by Crippen LogP contribution is 2.37. The van der Waals surface area contributed by atoms with Crippen molar-refractivity contribution in [2.75, 3.05) is 19.6 Å². The third-order valence-corrected chi connectivity index (χ3v) is 5.12. The molecule has 1 aliphatic heterocycles. The summed E-state index contributed by atoms with van der Waals surface area (Å²) in [6, 6.07) is 0.624. The van der Waals surface area contributed by atoms with Crippen molar-refractivity contribution < 1.29 is 0 Å². The van der Waals surface area contributed by atoms with Crippen molar-refractivity contribution in [3.63, 3.8) is 0 Å². The second-order valence-corrected chi connectivity index (χ2v) is 6.72. The Kier molecular flexibility index (Phi) is 4.74. The third-order valence-electron chi connectivity index (χ3n) is 4.75. The number of hydrogen-bond acceptors (Lipinski definition) is 2. The maximum Gasteiger partial charge on any atom is 0.0338 e. The van der Waals surface area contributed by atoms with Crippen LogP contribution in [0.3, 0.4) is 0 Å². The Morgan fingerprint density at radius 1 is 1.44 bits per heavy atom. The molecule has 0 aromatic heterocycles. The number of hydrogen-bond donors (Lipinski definition) is 1. The van der Waals surface area contributed by atoms with Crippen LogP contribution in [-0.4, -0.2) is 36.1 Å². The van der Waals surface area contributed by atoms with E-state index in [0.29, 0.717) is 17.5 Å². The second kappa shape index (κ2) is 5.94. The summed E-state index contributed by atoms with van der Waals surface area (Å²) in [6.07, 6.45) is 5.46. The molecule has 1 atom stereocenters. The van der Waals surface area contributed by atoms with Crippen molar-refractivity contribution in [1.29, 1.82) is 0 Å². The van der Waals surface area contributed by atoms with E-state index in [2.05, 4.69) is 31.0 Å². The maximum absolute atomic E-state index is 5.86. The minimum absolute atomic E-state index is 0.409. The smallest absolute Gasteiger partial charge is 0.0338 e. The van der Waals surface area contributed by atoms with E-state index in [0.717, 1.165) is 13.1 Å². The quantitative estimate of drug-likeness (QED) is 0.846. The van der Waals surface area contributed by atoms with E-state index < -0.39 is 0 Å². The Bertz CT molecular complexity index is 306. The van der Waals surface area contributed by atoms with Crippen molar-refractivity contribution >= 4 is 11.6 Å². The fourth-order valence-electron chi connectivity index (χ4n) is 3.47. The lowest BCUT2D eigenvalue weighted by molar-refractivity contribution is 0.0414. The Morgan fingerprint density at radius 3 is 2.67 bits per heavy atom. The number of nitrogens with one attached hydrogen (secondary N) is 1. The summed E-state index contributed by atoms with van der Waals surface area (Å²) in [4.78, 5) is 2.70. The van der Waals surface area contributed by atoms with Gasteiger partial charge >= 0.3 is 0 Å². The van der Waals surface area contributed by atoms with Gasteiger partial charge in [0.2, 0.25) is 0 Å². The van der Waals surface area contributed by atoms with Gasteiger partial charge in [0.15, 0.2) is 0 Å². The van der Waals surface area contributed by atoms with Crippen molar-refractivity contribution in [2.45, 2.75) is 58.0 Å². The Morgan fingerprint density at radius 2 is 2.11 bits per heavy atom. The first-order chi connectivity index (χ1) is 8.57. The monoisotopic (exact) mass is 270 g/mol. The van der Waals surface area contributed by atoms with Gasteiger partial charge in [-0.1, -0.05) is 38.3 Å². The molecule has 1 saturated carbocycles. The first-order valence-corrected chi connectivity index (χ1v) is 7.75. The molecule has 0 bridgehead atoms. The Labute approximate surface area is 117 Å². The summed E-state index contributed by atoms with van der Waals surface area (Å²) in [5, 5.41) is 3.78. The lowest BCUT2D eigenvalue weighted by atomic mass is 9.88. The van der Waals surface area contributed by atoms with Gasteiger partial charge in [0.25, 0.3) is 0 Å². The van der Waals surface area contributed by atoms with Crippen molar-refractivity contribution in [3.8, 4) is 0 Å². The van der Waals surface area contributed by atoms with Gasteiger partial charge in [-0.15, -0.1) is 0 Å². The molecule has 1 heterocycles. The van der Waals surface area contributed by atoms with Crippen LogP contribution in [0.15, 0.2) is 11.1 Å². The number of piperazine rings is 1. The Balaban J connectivity index is 2.10. The highest BCUT2D eigenvalue weighted by molar-refractivity contribution is 6.25. The Hall–Kier alpha value is -0.0500. The van der Waals surface area contributed by atoms with Gasteiger partial charge in [0.1, 0.15) is 0 Å². The SMILES string of the molecule is CC(=CCl)CN1CC(C(C)C)NCC12CCCC2. The van der Waals surface area contributed by atoms with Gasteiger partial charge in [0.05, 0.1) is 0 Å². The minimum atomic E-state index is 0.409. The molecule has 2 fully saturated rings. The van der Waals surface area contributed by atoms with Crippen LogP contribution in [0.4, 0.5) is 0 Å². The van der Waals surface area contributed by atoms with E-state index in [9.17, 15) is 0 Å². The fraction of sp³-hybridized carbons (Fsp3) is 0.867. The molecule has 0 aromatic carbocycles. The molecule has 0 amide bonds. The highest BCUT2D eigenvalue weighted by Gasteiger charge is 2.43. The van der Waals surface area contributed by atoms with Gasteiger partial charge in [-0.2, -0.15) is 0 Å². The summed E-state index contributed by atoms with van der Waals surface area (Å²) in [6.45, 7) is 10.1. The number of nitrogens with zero attached hydrogens (tertiary/aromatic N) is 1. The molecule has 1 spiro atoms. The summed E-state index contributed by atoms with van der Waals surface area (Å²) >= 11 is 5.86. The summed E-state index contributed by atoms with van der Waals surface area (Å²) in [7, 11) is 0. The molecular formula is C15H27ClN2. The number of rotatable bonds is 3. The van der Waals surface area contributed by atoms with Crippen LogP contribution in [0.1, 0.15) is 46.5 Å². The summed E-state index contributed by atoms with van der Waals surface area (Å²) in [5.74, 6) is 0.701. The summed E-state index contributed by atoms with van der Waals surface area (Å²) < 4.78 is 0. The molecule has 2 aliphatic rings. The zero-order valence-corrected chi connectivity index (χ0v) is 12.8. The lowest BCUT2D eigenvalue weighted by Crippen LogP contribution is -2.64. The van der Waals surface area contributed by atoms with Gasteiger partial charge < -0.3 is 5.32 Å². The van der Waals surface area contributed by atoms with E-state index in [4.69, 9.17) is 11.6 Å². The average molecular weight is 271 g/mol. The fourth-order valence-corrected chi connectivity index (χ4v) is 3.54. The summed E-state index contributed by atoms with van der Waals surface area (Å²) in [5.41, 5.74) is 3.44. The van der Waals surface area contributed by atoms with Crippen LogP contribution in [0, 0.1) is 5.92 Å². The molecule has 18 heavy (non-hydrogen) atoms. The molecule has 2 rings (SSSR count). The first kappa shape index (κ1) is 14.4. The standard InChI is InChI=1S/C15H27ClN2/c1-12(2)14-10-18(9-13(3)8-16)15(11-17-14)6-4-5-7-15/h8,12,14,17H,4-7,9-11H2,1-3H3. The molecule has 1 unspecified atom stereocenters. The molecular weight excluding hydrogens is 244 g/mol. The molecule has 0 radical (unpaired) electrons. The van der Waals surface area contributed by atoms with Crippen LogP contribution in [0.25, 0.3) is 0 Å². The van der Waals surface area contributed by atoms with Crippen LogP contribution in [0.5, 0.6) is 0 Å². The first-order valence-electron chi connectivity index (χ1n) is 7.32. The zero-order chi connectivity index (χ0) is 13.2. The van der Waals surface area contributed by atoms with Crippen LogP contribution in [0.2, 0.25) is 0 Å². The topological polar surface area (TPSA) is 15.3 Å². The molecule has 2 nitrogen and oxygen atoms in total.